The fourth-order valence-electron chi connectivity index (χ4n) is 2.55. The second-order valence-corrected chi connectivity index (χ2v) is 4.39. The van der Waals surface area contributed by atoms with Gasteiger partial charge in [0.25, 0.3) is 0 Å². The molecule has 0 radical (unpaired) electrons. The van der Waals surface area contributed by atoms with Gasteiger partial charge in [0.05, 0.1) is 19.6 Å². The molecule has 0 amide bonds. The molecule has 2 unspecified atom stereocenters. The lowest BCUT2D eigenvalue weighted by Crippen LogP contribution is -2.04. The molecule has 1 saturated carbocycles. The van der Waals surface area contributed by atoms with Crippen molar-refractivity contribution < 1.29 is 14.3 Å². The second-order valence-electron chi connectivity index (χ2n) is 4.39. The van der Waals surface area contributed by atoms with Gasteiger partial charge >= 0.3 is 5.97 Å². The lowest BCUT2D eigenvalue weighted by atomic mass is 10.00. The maximum absolute atomic E-state index is 11.4. The van der Waals surface area contributed by atoms with E-state index in [2.05, 4.69) is 6.07 Å². The monoisotopic (exact) mass is 218 g/mol. The number of carbonyl (C=O) groups excluding carboxylic acids is 1. The molecule has 2 atom stereocenters. The molecule has 1 heterocycles. The lowest BCUT2D eigenvalue weighted by molar-refractivity contribution is -0.142. The first-order valence-electron chi connectivity index (χ1n) is 5.63. The number of hydrogen-bond donors (Lipinski definition) is 0. The van der Waals surface area contributed by atoms with Crippen LogP contribution in [0.3, 0.4) is 0 Å². The van der Waals surface area contributed by atoms with Gasteiger partial charge in [-0.3, -0.25) is 4.79 Å². The van der Waals surface area contributed by atoms with Crippen LogP contribution in [0.2, 0.25) is 0 Å². The molecule has 16 heavy (non-hydrogen) atoms. The van der Waals surface area contributed by atoms with Crippen LogP contribution in [0, 0.1) is 5.92 Å². The van der Waals surface area contributed by atoms with Gasteiger partial charge in [0.2, 0.25) is 0 Å². The molecule has 3 heteroatoms. The van der Waals surface area contributed by atoms with Crippen LogP contribution in [0.5, 0.6) is 5.75 Å². The Labute approximate surface area is 94.4 Å². The van der Waals surface area contributed by atoms with E-state index >= 15 is 0 Å². The number of methoxy groups -OCH3 is 1. The zero-order valence-corrected chi connectivity index (χ0v) is 9.23. The van der Waals surface area contributed by atoms with Crippen molar-refractivity contribution in [3.05, 3.63) is 29.3 Å². The molecule has 0 spiro atoms. The first-order valence-corrected chi connectivity index (χ1v) is 5.63. The van der Waals surface area contributed by atoms with Crippen LogP contribution in [0.25, 0.3) is 0 Å². The Morgan fingerprint density at radius 3 is 3.19 bits per heavy atom. The molecule has 1 aromatic rings. The van der Waals surface area contributed by atoms with Crippen LogP contribution in [0.15, 0.2) is 18.2 Å². The summed E-state index contributed by atoms with van der Waals surface area (Å²) in [5, 5.41) is 0. The first kappa shape index (κ1) is 9.70. The molecular formula is C13H14O3. The van der Waals surface area contributed by atoms with E-state index in [9.17, 15) is 4.79 Å². The molecule has 0 aromatic heterocycles. The molecule has 0 bridgehead atoms. The van der Waals surface area contributed by atoms with E-state index in [1.165, 1.54) is 18.2 Å². The van der Waals surface area contributed by atoms with Crippen LogP contribution < -0.4 is 4.74 Å². The van der Waals surface area contributed by atoms with Crippen LogP contribution in [0.1, 0.15) is 23.5 Å². The van der Waals surface area contributed by atoms with E-state index in [1.54, 1.807) is 0 Å². The van der Waals surface area contributed by atoms with Crippen molar-refractivity contribution in [2.24, 2.45) is 5.92 Å². The molecule has 84 valence electrons. The molecule has 1 aliphatic heterocycles. The Morgan fingerprint density at radius 1 is 1.50 bits per heavy atom. The highest BCUT2D eigenvalue weighted by atomic mass is 16.5. The molecule has 3 rings (SSSR count). The van der Waals surface area contributed by atoms with E-state index in [-0.39, 0.29) is 11.9 Å². The third kappa shape index (κ3) is 1.39. The summed E-state index contributed by atoms with van der Waals surface area (Å²) in [6, 6.07) is 6.12. The predicted molar refractivity (Wildman–Crippen MR) is 58.5 cm³/mol. The quantitative estimate of drug-likeness (QED) is 0.711. The summed E-state index contributed by atoms with van der Waals surface area (Å²) in [6.07, 6.45) is 1.89. The SMILES string of the molecule is COC(=O)C1CC1c1cccc2c1CCO2. The van der Waals surface area contributed by atoms with Gasteiger partial charge in [-0.2, -0.15) is 0 Å². The molecule has 1 aromatic carbocycles. The van der Waals surface area contributed by atoms with Crippen molar-refractivity contribution in [2.75, 3.05) is 13.7 Å². The van der Waals surface area contributed by atoms with Crippen LogP contribution in [0.4, 0.5) is 0 Å². The summed E-state index contributed by atoms with van der Waals surface area (Å²) in [7, 11) is 1.45. The summed E-state index contributed by atoms with van der Waals surface area (Å²) < 4.78 is 10.3. The summed E-state index contributed by atoms with van der Waals surface area (Å²) >= 11 is 0. The number of benzene rings is 1. The van der Waals surface area contributed by atoms with Gasteiger partial charge in [-0.05, 0) is 24.0 Å². The number of ether oxygens (including phenoxy) is 2. The Bertz CT molecular complexity index is 439. The van der Waals surface area contributed by atoms with Gasteiger partial charge in [0.1, 0.15) is 5.75 Å². The Morgan fingerprint density at radius 2 is 2.38 bits per heavy atom. The van der Waals surface area contributed by atoms with Crippen molar-refractivity contribution in [1.82, 2.24) is 0 Å². The van der Waals surface area contributed by atoms with E-state index in [1.807, 2.05) is 12.1 Å². The highest BCUT2D eigenvalue weighted by Gasteiger charge is 2.46. The van der Waals surface area contributed by atoms with Crippen LogP contribution >= 0.6 is 0 Å². The minimum absolute atomic E-state index is 0.0668. The average Bonchev–Trinajstić information content (AvgIpc) is 2.96. The van der Waals surface area contributed by atoms with E-state index in [0.717, 1.165) is 25.2 Å². The van der Waals surface area contributed by atoms with Crippen LogP contribution in [-0.4, -0.2) is 19.7 Å². The largest absolute Gasteiger partial charge is 0.493 e. The average molecular weight is 218 g/mol. The van der Waals surface area contributed by atoms with Gasteiger partial charge in [-0.1, -0.05) is 12.1 Å². The van der Waals surface area contributed by atoms with E-state index in [4.69, 9.17) is 9.47 Å². The molecule has 0 N–H and O–H groups in total. The maximum Gasteiger partial charge on any atom is 0.309 e. The number of carbonyl (C=O) groups is 1. The highest BCUT2D eigenvalue weighted by Crippen LogP contribution is 2.51. The smallest absolute Gasteiger partial charge is 0.309 e. The molecule has 0 saturated heterocycles. The summed E-state index contributed by atoms with van der Waals surface area (Å²) in [5.41, 5.74) is 2.57. The minimum Gasteiger partial charge on any atom is -0.493 e. The predicted octanol–water partition coefficient (Wildman–Crippen LogP) is 1.90. The van der Waals surface area contributed by atoms with Crippen molar-refractivity contribution in [1.29, 1.82) is 0 Å². The van der Waals surface area contributed by atoms with E-state index in [0.29, 0.717) is 5.92 Å². The van der Waals surface area contributed by atoms with Gasteiger partial charge in [-0.15, -0.1) is 0 Å². The fraction of sp³-hybridized carbons (Fsp3) is 0.462. The number of esters is 1. The molecule has 1 fully saturated rings. The molecule has 3 nitrogen and oxygen atoms in total. The second kappa shape index (κ2) is 3.51. The molecule has 1 aliphatic carbocycles. The topological polar surface area (TPSA) is 35.5 Å². The third-order valence-electron chi connectivity index (χ3n) is 3.47. The Hall–Kier alpha value is -1.51. The van der Waals surface area contributed by atoms with E-state index < -0.39 is 0 Å². The standard InChI is InChI=1S/C13H14O3/c1-15-13(14)11-7-10(11)8-3-2-4-12-9(8)5-6-16-12/h2-4,10-11H,5-7H2,1H3. The fourth-order valence-corrected chi connectivity index (χ4v) is 2.55. The minimum atomic E-state index is -0.0819. The normalized spacial score (nSPS) is 25.8. The number of fused-ring (bicyclic) bond motifs is 1. The van der Waals surface area contributed by atoms with Crippen molar-refractivity contribution in [2.45, 2.75) is 18.8 Å². The van der Waals surface area contributed by atoms with Gasteiger partial charge in [0.15, 0.2) is 0 Å². The number of hydrogen-bond acceptors (Lipinski definition) is 3. The summed E-state index contributed by atoms with van der Waals surface area (Å²) in [6.45, 7) is 0.766. The number of rotatable bonds is 2. The highest BCUT2D eigenvalue weighted by molar-refractivity contribution is 5.77. The van der Waals surface area contributed by atoms with Gasteiger partial charge in [0, 0.05) is 12.0 Å². The van der Waals surface area contributed by atoms with Crippen molar-refractivity contribution in [3.63, 3.8) is 0 Å². The zero-order valence-electron chi connectivity index (χ0n) is 9.23. The Balaban J connectivity index is 1.87. The third-order valence-corrected chi connectivity index (χ3v) is 3.47. The molecule has 2 aliphatic rings. The zero-order chi connectivity index (χ0) is 11.1. The Kier molecular flexibility index (Phi) is 2.13. The van der Waals surface area contributed by atoms with Gasteiger partial charge < -0.3 is 9.47 Å². The first-order chi connectivity index (χ1) is 7.81. The van der Waals surface area contributed by atoms with Gasteiger partial charge in [-0.25, -0.2) is 0 Å². The lowest BCUT2D eigenvalue weighted by Gasteiger charge is -2.05. The van der Waals surface area contributed by atoms with Crippen molar-refractivity contribution >= 4 is 5.97 Å². The van der Waals surface area contributed by atoms with Crippen LogP contribution in [-0.2, 0) is 16.0 Å². The van der Waals surface area contributed by atoms with Crippen molar-refractivity contribution in [3.8, 4) is 5.75 Å². The maximum atomic E-state index is 11.4. The summed E-state index contributed by atoms with van der Waals surface area (Å²) in [4.78, 5) is 11.4. The molecular weight excluding hydrogens is 204 g/mol. The summed E-state index contributed by atoms with van der Waals surface area (Å²) in [5.74, 6) is 1.33.